The molecule has 2 aromatic rings. The van der Waals surface area contributed by atoms with E-state index in [-0.39, 0.29) is 0 Å². The Kier molecular flexibility index (Phi) is 5.80. The van der Waals surface area contributed by atoms with Gasteiger partial charge >= 0.3 is 0 Å². The van der Waals surface area contributed by atoms with Gasteiger partial charge in [0.05, 0.1) is 0 Å². The summed E-state index contributed by atoms with van der Waals surface area (Å²) in [6.45, 7) is 0.455. The molecule has 20 heavy (non-hydrogen) atoms. The van der Waals surface area contributed by atoms with Crippen LogP contribution in [0.1, 0.15) is 17.5 Å². The zero-order valence-corrected chi connectivity index (χ0v) is 12.4. The maximum absolute atomic E-state index is 6.08. The maximum Gasteiger partial charge on any atom is 0.119 e. The van der Waals surface area contributed by atoms with Crippen molar-refractivity contribution in [3.05, 3.63) is 64.7 Å². The van der Waals surface area contributed by atoms with Crippen molar-refractivity contribution in [2.45, 2.75) is 13.0 Å². The van der Waals surface area contributed by atoms with Crippen LogP contribution in [0.3, 0.4) is 0 Å². The lowest BCUT2D eigenvalue weighted by Gasteiger charge is -2.07. The first-order chi connectivity index (χ1) is 9.79. The SMILES string of the molecule is ClCCC#Cc1ccc(OCc2ccccc2Cl)cc1. The highest BCUT2D eigenvalue weighted by Crippen LogP contribution is 2.18. The van der Waals surface area contributed by atoms with Crippen LogP contribution < -0.4 is 4.74 Å². The molecule has 0 atom stereocenters. The summed E-state index contributed by atoms with van der Waals surface area (Å²) in [4.78, 5) is 0. The predicted octanol–water partition coefficient (Wildman–Crippen LogP) is 4.90. The molecular weight excluding hydrogens is 291 g/mol. The molecule has 0 aromatic heterocycles. The van der Waals surface area contributed by atoms with Crippen molar-refractivity contribution in [2.75, 3.05) is 5.88 Å². The van der Waals surface area contributed by atoms with Crippen molar-refractivity contribution in [1.82, 2.24) is 0 Å². The van der Waals surface area contributed by atoms with Crippen molar-refractivity contribution < 1.29 is 4.74 Å². The van der Waals surface area contributed by atoms with E-state index in [2.05, 4.69) is 11.8 Å². The molecular formula is C17H14Cl2O. The van der Waals surface area contributed by atoms with Gasteiger partial charge < -0.3 is 4.74 Å². The highest BCUT2D eigenvalue weighted by atomic mass is 35.5. The van der Waals surface area contributed by atoms with Crippen LogP contribution in [0.5, 0.6) is 5.75 Å². The van der Waals surface area contributed by atoms with Crippen LogP contribution in [0, 0.1) is 11.8 Å². The van der Waals surface area contributed by atoms with Crippen LogP contribution in [0.25, 0.3) is 0 Å². The summed E-state index contributed by atoms with van der Waals surface area (Å²) < 4.78 is 5.70. The van der Waals surface area contributed by atoms with Crippen molar-refractivity contribution in [3.8, 4) is 17.6 Å². The molecule has 2 rings (SSSR count). The Morgan fingerprint density at radius 1 is 1.00 bits per heavy atom. The van der Waals surface area contributed by atoms with E-state index in [4.69, 9.17) is 27.9 Å². The van der Waals surface area contributed by atoms with Crippen LogP contribution in [-0.4, -0.2) is 5.88 Å². The molecule has 0 spiro atoms. The largest absolute Gasteiger partial charge is 0.489 e. The highest BCUT2D eigenvalue weighted by Gasteiger charge is 2.00. The summed E-state index contributed by atoms with van der Waals surface area (Å²) in [5, 5.41) is 0.719. The summed E-state index contributed by atoms with van der Waals surface area (Å²) in [5.74, 6) is 7.40. The molecule has 0 fully saturated rings. The van der Waals surface area contributed by atoms with Gasteiger partial charge in [0.25, 0.3) is 0 Å². The van der Waals surface area contributed by atoms with Gasteiger partial charge in [-0.1, -0.05) is 41.6 Å². The molecule has 1 nitrogen and oxygen atoms in total. The third-order valence-electron chi connectivity index (χ3n) is 2.66. The van der Waals surface area contributed by atoms with E-state index in [9.17, 15) is 0 Å². The highest BCUT2D eigenvalue weighted by molar-refractivity contribution is 6.31. The van der Waals surface area contributed by atoms with Crippen LogP contribution in [0.15, 0.2) is 48.5 Å². The molecule has 0 unspecified atom stereocenters. The third kappa shape index (κ3) is 4.49. The Labute approximate surface area is 129 Å². The molecule has 102 valence electrons. The van der Waals surface area contributed by atoms with Crippen LogP contribution in [0.4, 0.5) is 0 Å². The second kappa shape index (κ2) is 7.85. The second-order valence-corrected chi connectivity index (χ2v) is 4.93. The molecule has 0 heterocycles. The minimum absolute atomic E-state index is 0.455. The van der Waals surface area contributed by atoms with Gasteiger partial charge in [-0.2, -0.15) is 0 Å². The minimum atomic E-state index is 0.455. The molecule has 0 saturated heterocycles. The molecule has 0 bridgehead atoms. The number of alkyl halides is 1. The standard InChI is InChI=1S/C17H14Cl2O/c18-12-4-3-5-14-8-10-16(11-9-14)20-13-15-6-1-2-7-17(15)19/h1-2,6-11H,4,12-13H2. The number of rotatable bonds is 4. The zero-order chi connectivity index (χ0) is 14.2. The fraction of sp³-hybridized carbons (Fsp3) is 0.176. The molecule has 3 heteroatoms. The van der Waals surface area contributed by atoms with Gasteiger partial charge in [0, 0.05) is 28.5 Å². The quantitative estimate of drug-likeness (QED) is 0.576. The maximum atomic E-state index is 6.08. The van der Waals surface area contributed by atoms with E-state index in [0.29, 0.717) is 18.9 Å². The molecule has 0 amide bonds. The Balaban J connectivity index is 1.95. The van der Waals surface area contributed by atoms with Crippen molar-refractivity contribution in [3.63, 3.8) is 0 Å². The Morgan fingerprint density at radius 2 is 1.75 bits per heavy atom. The molecule has 0 aliphatic rings. The topological polar surface area (TPSA) is 9.23 Å². The predicted molar refractivity (Wildman–Crippen MR) is 84.4 cm³/mol. The van der Waals surface area contributed by atoms with Gasteiger partial charge in [0.15, 0.2) is 0 Å². The van der Waals surface area contributed by atoms with Crippen molar-refractivity contribution in [2.24, 2.45) is 0 Å². The number of halogens is 2. The molecule has 2 aromatic carbocycles. The van der Waals surface area contributed by atoms with Crippen LogP contribution >= 0.6 is 23.2 Å². The smallest absolute Gasteiger partial charge is 0.119 e. The summed E-state index contributed by atoms with van der Waals surface area (Å²) in [6, 6.07) is 15.3. The lowest BCUT2D eigenvalue weighted by atomic mass is 10.2. The van der Waals surface area contributed by atoms with Gasteiger partial charge in [-0.15, -0.1) is 11.6 Å². The summed E-state index contributed by atoms with van der Waals surface area (Å²) in [7, 11) is 0. The lowest BCUT2D eigenvalue weighted by Crippen LogP contribution is -1.95. The van der Waals surface area contributed by atoms with Crippen molar-refractivity contribution >= 4 is 23.2 Å². The first-order valence-electron chi connectivity index (χ1n) is 6.30. The fourth-order valence-corrected chi connectivity index (χ4v) is 1.91. The number of benzene rings is 2. The molecule has 0 saturated carbocycles. The third-order valence-corrected chi connectivity index (χ3v) is 3.22. The van der Waals surface area contributed by atoms with Gasteiger partial charge in [0.1, 0.15) is 12.4 Å². The zero-order valence-electron chi connectivity index (χ0n) is 10.9. The lowest BCUT2D eigenvalue weighted by molar-refractivity contribution is 0.306. The molecule has 0 radical (unpaired) electrons. The van der Waals surface area contributed by atoms with E-state index in [1.54, 1.807) is 0 Å². The Bertz CT molecular complexity index is 609. The summed E-state index contributed by atoms with van der Waals surface area (Å²) >= 11 is 11.6. The van der Waals surface area contributed by atoms with E-state index in [0.717, 1.165) is 21.9 Å². The van der Waals surface area contributed by atoms with E-state index in [1.165, 1.54) is 0 Å². The minimum Gasteiger partial charge on any atom is -0.489 e. The number of ether oxygens (including phenoxy) is 1. The summed E-state index contributed by atoms with van der Waals surface area (Å²) in [6.07, 6.45) is 0.701. The van der Waals surface area contributed by atoms with Crippen molar-refractivity contribution in [1.29, 1.82) is 0 Å². The normalized spacial score (nSPS) is 9.70. The second-order valence-electron chi connectivity index (χ2n) is 4.15. The molecule has 0 N–H and O–H groups in total. The fourth-order valence-electron chi connectivity index (χ4n) is 1.62. The monoisotopic (exact) mass is 304 g/mol. The van der Waals surface area contributed by atoms with E-state index >= 15 is 0 Å². The van der Waals surface area contributed by atoms with E-state index in [1.807, 2.05) is 48.5 Å². The van der Waals surface area contributed by atoms with Gasteiger partial charge in [-0.25, -0.2) is 0 Å². The first kappa shape index (κ1) is 14.8. The average molecular weight is 305 g/mol. The summed E-state index contributed by atoms with van der Waals surface area (Å²) in [5.41, 5.74) is 1.93. The number of hydrogen-bond donors (Lipinski definition) is 0. The Hall–Kier alpha value is -1.62. The Morgan fingerprint density at radius 3 is 2.45 bits per heavy atom. The van der Waals surface area contributed by atoms with Gasteiger partial charge in [-0.05, 0) is 30.3 Å². The molecule has 0 aliphatic carbocycles. The van der Waals surface area contributed by atoms with Gasteiger partial charge in [0.2, 0.25) is 0 Å². The molecule has 0 aliphatic heterocycles. The van der Waals surface area contributed by atoms with E-state index < -0.39 is 0 Å². The van der Waals surface area contributed by atoms with Crippen LogP contribution in [-0.2, 0) is 6.61 Å². The van der Waals surface area contributed by atoms with Crippen LogP contribution in [0.2, 0.25) is 5.02 Å². The number of hydrogen-bond acceptors (Lipinski definition) is 1. The van der Waals surface area contributed by atoms with Gasteiger partial charge in [-0.3, -0.25) is 0 Å². The average Bonchev–Trinajstić information content (AvgIpc) is 2.48. The first-order valence-corrected chi connectivity index (χ1v) is 7.22.